The molecule has 0 radical (unpaired) electrons. The van der Waals surface area contributed by atoms with Crippen molar-refractivity contribution in [1.29, 1.82) is 0 Å². The van der Waals surface area contributed by atoms with Crippen molar-refractivity contribution in [3.8, 4) is 0 Å². The van der Waals surface area contributed by atoms with Crippen LogP contribution >= 0.6 is 0 Å². The van der Waals surface area contributed by atoms with E-state index in [9.17, 15) is 9.59 Å². The SMILES string of the molecule is CCOC(=O)CN1C[C@H]2CC[C@@H](C1)N2CC(=O)O. The zero-order chi connectivity index (χ0) is 13.1. The highest BCUT2D eigenvalue weighted by atomic mass is 16.5. The van der Waals surface area contributed by atoms with Gasteiger partial charge in [-0.05, 0) is 19.8 Å². The van der Waals surface area contributed by atoms with E-state index in [1.165, 1.54) is 0 Å². The van der Waals surface area contributed by atoms with Gasteiger partial charge in [0.1, 0.15) is 0 Å². The molecule has 2 bridgehead atoms. The maximum atomic E-state index is 11.4. The van der Waals surface area contributed by atoms with E-state index in [4.69, 9.17) is 9.84 Å². The first kappa shape index (κ1) is 13.3. The summed E-state index contributed by atoms with van der Waals surface area (Å²) in [5.74, 6) is -0.964. The summed E-state index contributed by atoms with van der Waals surface area (Å²) >= 11 is 0. The average molecular weight is 256 g/mol. The van der Waals surface area contributed by atoms with E-state index >= 15 is 0 Å². The number of likely N-dealkylation sites (tertiary alicyclic amines) is 1. The van der Waals surface area contributed by atoms with Gasteiger partial charge in [0.05, 0.1) is 19.7 Å². The molecule has 0 aromatic carbocycles. The molecule has 2 aliphatic heterocycles. The average Bonchev–Trinajstić information content (AvgIpc) is 2.53. The lowest BCUT2D eigenvalue weighted by atomic mass is 10.2. The zero-order valence-corrected chi connectivity index (χ0v) is 10.7. The number of hydrogen-bond acceptors (Lipinski definition) is 5. The minimum absolute atomic E-state index is 0.114. The van der Waals surface area contributed by atoms with Crippen LogP contribution in [0.25, 0.3) is 0 Å². The number of rotatable bonds is 5. The van der Waals surface area contributed by atoms with E-state index in [2.05, 4.69) is 9.80 Å². The molecular weight excluding hydrogens is 236 g/mol. The van der Waals surface area contributed by atoms with Crippen molar-refractivity contribution >= 4 is 11.9 Å². The Hall–Kier alpha value is -1.14. The Bertz CT molecular complexity index is 320. The van der Waals surface area contributed by atoms with Gasteiger partial charge in [-0.15, -0.1) is 0 Å². The Morgan fingerprint density at radius 1 is 1.22 bits per heavy atom. The molecule has 1 N–H and O–H groups in total. The third kappa shape index (κ3) is 3.00. The van der Waals surface area contributed by atoms with Gasteiger partial charge in [-0.25, -0.2) is 0 Å². The van der Waals surface area contributed by atoms with Gasteiger partial charge in [0, 0.05) is 25.2 Å². The molecule has 0 unspecified atom stereocenters. The summed E-state index contributed by atoms with van der Waals surface area (Å²) in [4.78, 5) is 26.4. The minimum Gasteiger partial charge on any atom is -0.480 e. The summed E-state index contributed by atoms with van der Waals surface area (Å²) in [6, 6.07) is 0.545. The number of carboxylic acid groups (broad SMARTS) is 1. The molecule has 6 nitrogen and oxygen atoms in total. The molecular formula is C12H20N2O4. The number of nitrogens with zero attached hydrogens (tertiary/aromatic N) is 2. The van der Waals surface area contributed by atoms with Crippen LogP contribution < -0.4 is 0 Å². The number of carboxylic acids is 1. The topological polar surface area (TPSA) is 70.1 Å². The lowest BCUT2D eigenvalue weighted by Gasteiger charge is -2.39. The van der Waals surface area contributed by atoms with Gasteiger partial charge in [0.2, 0.25) is 0 Å². The molecule has 2 saturated heterocycles. The van der Waals surface area contributed by atoms with Gasteiger partial charge in [-0.3, -0.25) is 19.4 Å². The van der Waals surface area contributed by atoms with Crippen molar-refractivity contribution in [2.75, 3.05) is 32.8 Å². The van der Waals surface area contributed by atoms with Crippen molar-refractivity contribution in [2.24, 2.45) is 0 Å². The molecule has 2 atom stereocenters. The highest BCUT2D eigenvalue weighted by molar-refractivity contribution is 5.71. The second-order valence-electron chi connectivity index (χ2n) is 4.95. The molecule has 0 spiro atoms. The number of carbonyl (C=O) groups is 2. The maximum absolute atomic E-state index is 11.4. The van der Waals surface area contributed by atoms with Gasteiger partial charge in [-0.1, -0.05) is 0 Å². The molecule has 2 fully saturated rings. The van der Waals surface area contributed by atoms with Crippen molar-refractivity contribution in [2.45, 2.75) is 31.8 Å². The smallest absolute Gasteiger partial charge is 0.320 e. The normalized spacial score (nSPS) is 28.3. The largest absolute Gasteiger partial charge is 0.480 e. The van der Waals surface area contributed by atoms with Crippen LogP contribution in [0.4, 0.5) is 0 Å². The molecule has 2 heterocycles. The molecule has 2 rings (SSSR count). The van der Waals surface area contributed by atoms with Gasteiger partial charge < -0.3 is 9.84 Å². The van der Waals surface area contributed by atoms with Crippen molar-refractivity contribution in [3.63, 3.8) is 0 Å². The molecule has 2 aliphatic rings. The zero-order valence-electron chi connectivity index (χ0n) is 10.7. The lowest BCUT2D eigenvalue weighted by Crippen LogP contribution is -2.55. The highest BCUT2D eigenvalue weighted by Crippen LogP contribution is 2.29. The van der Waals surface area contributed by atoms with Crippen LogP contribution in [-0.2, 0) is 14.3 Å². The van der Waals surface area contributed by atoms with Crippen LogP contribution in [0, 0.1) is 0 Å². The maximum Gasteiger partial charge on any atom is 0.320 e. The van der Waals surface area contributed by atoms with Gasteiger partial charge in [0.15, 0.2) is 0 Å². The first-order valence-corrected chi connectivity index (χ1v) is 6.45. The molecule has 18 heavy (non-hydrogen) atoms. The first-order valence-electron chi connectivity index (χ1n) is 6.45. The number of aliphatic carboxylic acids is 1. The fraction of sp³-hybridized carbons (Fsp3) is 0.833. The first-order chi connectivity index (χ1) is 8.60. The predicted molar refractivity (Wildman–Crippen MR) is 64.2 cm³/mol. The Morgan fingerprint density at radius 2 is 1.83 bits per heavy atom. The Balaban J connectivity index is 1.87. The summed E-state index contributed by atoms with van der Waals surface area (Å²) in [5, 5.41) is 8.88. The standard InChI is InChI=1S/C12H20N2O4/c1-2-18-12(17)8-13-5-9-3-4-10(6-13)14(9)7-11(15)16/h9-10H,2-8H2,1H3,(H,15,16)/t9-,10+. The van der Waals surface area contributed by atoms with E-state index < -0.39 is 5.97 Å². The van der Waals surface area contributed by atoms with E-state index in [1.807, 2.05) is 0 Å². The summed E-state index contributed by atoms with van der Waals surface area (Å²) < 4.78 is 4.94. The number of fused-ring (bicyclic) bond motifs is 2. The third-order valence-electron chi connectivity index (χ3n) is 3.68. The van der Waals surface area contributed by atoms with E-state index in [0.29, 0.717) is 13.2 Å². The Kier molecular flexibility index (Phi) is 4.19. The molecule has 102 valence electrons. The molecule has 0 aromatic rings. The van der Waals surface area contributed by atoms with Gasteiger partial charge in [-0.2, -0.15) is 0 Å². The Labute approximate surface area is 106 Å². The quantitative estimate of drug-likeness (QED) is 0.686. The van der Waals surface area contributed by atoms with E-state index in [1.54, 1.807) is 6.92 Å². The second-order valence-corrected chi connectivity index (χ2v) is 4.95. The molecule has 0 aliphatic carbocycles. The predicted octanol–water partition coefficient (Wildman–Crippen LogP) is -0.217. The monoisotopic (exact) mass is 256 g/mol. The number of ether oxygens (including phenoxy) is 1. The van der Waals surface area contributed by atoms with Crippen LogP contribution in [0.15, 0.2) is 0 Å². The van der Waals surface area contributed by atoms with Crippen LogP contribution in [-0.4, -0.2) is 71.7 Å². The Morgan fingerprint density at radius 3 is 2.33 bits per heavy atom. The number of piperazine rings is 1. The molecule has 0 amide bonds. The highest BCUT2D eigenvalue weighted by Gasteiger charge is 2.40. The van der Waals surface area contributed by atoms with Gasteiger partial charge in [0.25, 0.3) is 0 Å². The van der Waals surface area contributed by atoms with Gasteiger partial charge >= 0.3 is 11.9 Å². The van der Waals surface area contributed by atoms with E-state index in [0.717, 1.165) is 25.9 Å². The van der Waals surface area contributed by atoms with Crippen LogP contribution in [0.5, 0.6) is 0 Å². The second kappa shape index (κ2) is 5.67. The summed E-state index contributed by atoms with van der Waals surface area (Å²) in [6.45, 7) is 4.17. The molecule has 6 heteroatoms. The van der Waals surface area contributed by atoms with Crippen LogP contribution in [0.2, 0.25) is 0 Å². The minimum atomic E-state index is -0.772. The summed E-state index contributed by atoms with van der Waals surface area (Å²) in [5.41, 5.74) is 0. The van der Waals surface area contributed by atoms with Crippen molar-refractivity contribution in [3.05, 3.63) is 0 Å². The summed E-state index contributed by atoms with van der Waals surface area (Å²) in [6.07, 6.45) is 2.05. The van der Waals surface area contributed by atoms with Crippen LogP contribution in [0.1, 0.15) is 19.8 Å². The fourth-order valence-corrected chi connectivity index (χ4v) is 3.01. The lowest BCUT2D eigenvalue weighted by molar-refractivity contribution is -0.146. The van der Waals surface area contributed by atoms with E-state index in [-0.39, 0.29) is 24.6 Å². The number of carbonyl (C=O) groups excluding carboxylic acids is 1. The molecule has 0 aromatic heterocycles. The summed E-state index contributed by atoms with van der Waals surface area (Å²) in [7, 11) is 0. The number of hydrogen-bond donors (Lipinski definition) is 1. The van der Waals surface area contributed by atoms with Crippen molar-refractivity contribution in [1.82, 2.24) is 9.80 Å². The number of esters is 1. The third-order valence-corrected chi connectivity index (χ3v) is 3.68. The molecule has 0 saturated carbocycles. The fourth-order valence-electron chi connectivity index (χ4n) is 3.01. The van der Waals surface area contributed by atoms with Crippen molar-refractivity contribution < 1.29 is 19.4 Å². The van der Waals surface area contributed by atoms with Crippen LogP contribution in [0.3, 0.4) is 0 Å².